The maximum Gasteiger partial charge on any atom is 0.143 e. The highest BCUT2D eigenvalue weighted by Gasteiger charge is 2.14. The van der Waals surface area contributed by atoms with Gasteiger partial charge in [-0.15, -0.1) is 5.10 Å². The van der Waals surface area contributed by atoms with Crippen molar-refractivity contribution in [2.45, 2.75) is 12.8 Å². The van der Waals surface area contributed by atoms with Crippen LogP contribution in [0.1, 0.15) is 12.8 Å². The van der Waals surface area contributed by atoms with Gasteiger partial charge in [0, 0.05) is 24.8 Å². The fourth-order valence-corrected chi connectivity index (χ4v) is 2.66. The Hall–Kier alpha value is -3.03. The molecule has 2 aromatic heterocycles. The molecule has 116 valence electrons. The quantitative estimate of drug-likeness (QED) is 0.786. The molecule has 1 fully saturated rings. The van der Waals surface area contributed by atoms with E-state index in [4.69, 9.17) is 0 Å². The zero-order chi connectivity index (χ0) is 15.5. The van der Waals surface area contributed by atoms with Crippen molar-refractivity contribution in [2.75, 3.05) is 23.3 Å². The molecule has 0 aliphatic carbocycles. The first kappa shape index (κ1) is 13.6. The van der Waals surface area contributed by atoms with Crippen LogP contribution < -0.4 is 10.2 Å². The van der Waals surface area contributed by atoms with Crippen LogP contribution in [0.2, 0.25) is 0 Å². The number of hydrogen-bond donors (Lipinski definition) is 1. The SMILES string of the molecule is c1nc(Nc2ccc(-n3cnnn3)cc2)cc(N2CCCC2)n1. The number of nitrogens with one attached hydrogen (secondary N) is 1. The van der Waals surface area contributed by atoms with E-state index in [2.05, 4.69) is 35.7 Å². The van der Waals surface area contributed by atoms with Crippen LogP contribution >= 0.6 is 0 Å². The Labute approximate surface area is 133 Å². The van der Waals surface area contributed by atoms with Gasteiger partial charge in [0.2, 0.25) is 0 Å². The Morgan fingerprint density at radius 3 is 2.57 bits per heavy atom. The lowest BCUT2D eigenvalue weighted by molar-refractivity contribution is 0.789. The first-order valence-electron chi connectivity index (χ1n) is 7.56. The number of nitrogens with zero attached hydrogens (tertiary/aromatic N) is 7. The fourth-order valence-electron chi connectivity index (χ4n) is 2.66. The minimum Gasteiger partial charge on any atom is -0.356 e. The summed E-state index contributed by atoms with van der Waals surface area (Å²) in [6.07, 6.45) is 5.62. The topological polar surface area (TPSA) is 84.7 Å². The summed E-state index contributed by atoms with van der Waals surface area (Å²) in [5, 5.41) is 14.4. The van der Waals surface area contributed by atoms with Gasteiger partial charge in [-0.05, 0) is 47.5 Å². The predicted octanol–water partition coefficient (Wildman–Crippen LogP) is 1.80. The maximum absolute atomic E-state index is 4.36. The molecule has 0 unspecified atom stereocenters. The summed E-state index contributed by atoms with van der Waals surface area (Å²) in [6, 6.07) is 9.81. The summed E-state index contributed by atoms with van der Waals surface area (Å²) in [5.74, 6) is 1.77. The number of hydrogen-bond acceptors (Lipinski definition) is 7. The molecule has 8 heteroatoms. The van der Waals surface area contributed by atoms with Gasteiger partial charge < -0.3 is 10.2 Å². The molecule has 0 amide bonds. The van der Waals surface area contributed by atoms with E-state index >= 15 is 0 Å². The monoisotopic (exact) mass is 308 g/mol. The van der Waals surface area contributed by atoms with Crippen LogP contribution in [0, 0.1) is 0 Å². The van der Waals surface area contributed by atoms with E-state index in [1.165, 1.54) is 12.8 Å². The van der Waals surface area contributed by atoms with Crippen LogP contribution in [0.15, 0.2) is 43.0 Å². The lowest BCUT2D eigenvalue weighted by atomic mass is 10.3. The third-order valence-electron chi connectivity index (χ3n) is 3.84. The molecule has 0 bridgehead atoms. The molecule has 3 aromatic rings. The molecule has 1 saturated heterocycles. The van der Waals surface area contributed by atoms with E-state index in [9.17, 15) is 0 Å². The van der Waals surface area contributed by atoms with E-state index in [0.29, 0.717) is 0 Å². The van der Waals surface area contributed by atoms with E-state index in [-0.39, 0.29) is 0 Å². The minimum absolute atomic E-state index is 0.789. The van der Waals surface area contributed by atoms with Gasteiger partial charge in [-0.25, -0.2) is 14.6 Å². The summed E-state index contributed by atoms with van der Waals surface area (Å²) in [7, 11) is 0. The molecule has 4 rings (SSSR count). The third-order valence-corrected chi connectivity index (χ3v) is 3.84. The lowest BCUT2D eigenvalue weighted by Crippen LogP contribution is -2.19. The van der Waals surface area contributed by atoms with Crippen LogP contribution in [0.25, 0.3) is 5.69 Å². The third kappa shape index (κ3) is 2.96. The van der Waals surface area contributed by atoms with Gasteiger partial charge in [0.1, 0.15) is 24.3 Å². The average molecular weight is 308 g/mol. The van der Waals surface area contributed by atoms with Crippen molar-refractivity contribution >= 4 is 17.3 Å². The van der Waals surface area contributed by atoms with Gasteiger partial charge in [0.05, 0.1) is 5.69 Å². The van der Waals surface area contributed by atoms with E-state index in [1.807, 2.05) is 30.3 Å². The summed E-state index contributed by atoms with van der Waals surface area (Å²) in [4.78, 5) is 10.9. The van der Waals surface area contributed by atoms with Crippen LogP contribution in [0.3, 0.4) is 0 Å². The second-order valence-electron chi connectivity index (χ2n) is 5.38. The summed E-state index contributed by atoms with van der Waals surface area (Å²) >= 11 is 0. The summed E-state index contributed by atoms with van der Waals surface area (Å²) in [5.41, 5.74) is 1.86. The van der Waals surface area contributed by atoms with Gasteiger partial charge in [-0.1, -0.05) is 0 Å². The maximum atomic E-state index is 4.36. The first-order valence-corrected chi connectivity index (χ1v) is 7.56. The molecule has 1 aromatic carbocycles. The first-order chi connectivity index (χ1) is 11.4. The predicted molar refractivity (Wildman–Crippen MR) is 85.9 cm³/mol. The number of tetrazole rings is 1. The zero-order valence-electron chi connectivity index (χ0n) is 12.5. The second kappa shape index (κ2) is 5.99. The molecule has 8 nitrogen and oxygen atoms in total. The van der Waals surface area contributed by atoms with E-state index < -0.39 is 0 Å². The Morgan fingerprint density at radius 1 is 1.00 bits per heavy atom. The molecule has 0 saturated carbocycles. The highest BCUT2D eigenvalue weighted by atomic mass is 15.5. The molecule has 0 atom stereocenters. The van der Waals surface area contributed by atoms with Crippen molar-refractivity contribution in [3.63, 3.8) is 0 Å². The molecule has 0 radical (unpaired) electrons. The van der Waals surface area contributed by atoms with Crippen molar-refractivity contribution in [1.29, 1.82) is 0 Å². The van der Waals surface area contributed by atoms with Gasteiger partial charge in [0.15, 0.2) is 0 Å². The lowest BCUT2D eigenvalue weighted by Gasteiger charge is -2.16. The van der Waals surface area contributed by atoms with Gasteiger partial charge in [0.25, 0.3) is 0 Å². The number of rotatable bonds is 4. The number of benzene rings is 1. The molecule has 23 heavy (non-hydrogen) atoms. The number of aromatic nitrogens is 6. The van der Waals surface area contributed by atoms with Crippen molar-refractivity contribution in [3.05, 3.63) is 43.0 Å². The van der Waals surface area contributed by atoms with Crippen molar-refractivity contribution in [1.82, 2.24) is 30.2 Å². The molecule has 3 heterocycles. The highest BCUT2D eigenvalue weighted by Crippen LogP contribution is 2.22. The Balaban J connectivity index is 1.50. The smallest absolute Gasteiger partial charge is 0.143 e. The van der Waals surface area contributed by atoms with Crippen LogP contribution in [-0.4, -0.2) is 43.3 Å². The fraction of sp³-hybridized carbons (Fsp3) is 0.267. The molecule has 1 aliphatic heterocycles. The molecular weight excluding hydrogens is 292 g/mol. The molecular formula is C15H16N8. The van der Waals surface area contributed by atoms with Crippen LogP contribution in [0.5, 0.6) is 0 Å². The Kier molecular flexibility index (Phi) is 3.55. The van der Waals surface area contributed by atoms with Crippen LogP contribution in [-0.2, 0) is 0 Å². The highest BCUT2D eigenvalue weighted by molar-refractivity contribution is 5.60. The molecule has 1 N–H and O–H groups in total. The Bertz CT molecular complexity index is 762. The van der Waals surface area contributed by atoms with Gasteiger partial charge >= 0.3 is 0 Å². The van der Waals surface area contributed by atoms with Gasteiger partial charge in [-0.3, -0.25) is 0 Å². The van der Waals surface area contributed by atoms with Crippen LogP contribution in [0.4, 0.5) is 17.3 Å². The largest absolute Gasteiger partial charge is 0.356 e. The summed E-state index contributed by atoms with van der Waals surface area (Å²) < 4.78 is 1.61. The summed E-state index contributed by atoms with van der Waals surface area (Å²) in [6.45, 7) is 2.13. The van der Waals surface area contributed by atoms with Crippen molar-refractivity contribution in [3.8, 4) is 5.69 Å². The second-order valence-corrected chi connectivity index (χ2v) is 5.38. The van der Waals surface area contributed by atoms with Crippen molar-refractivity contribution < 1.29 is 0 Å². The molecule has 1 aliphatic rings. The number of anilines is 3. The standard InChI is InChI=1S/C15H16N8/c1-2-8-22(7-1)15-9-14(16-10-17-15)19-12-3-5-13(6-4-12)23-11-18-20-21-23/h3-6,9-11H,1-2,7-8H2,(H,16,17,19). The van der Waals surface area contributed by atoms with Crippen molar-refractivity contribution in [2.24, 2.45) is 0 Å². The van der Waals surface area contributed by atoms with E-state index in [1.54, 1.807) is 17.3 Å². The zero-order valence-corrected chi connectivity index (χ0v) is 12.5. The van der Waals surface area contributed by atoms with Gasteiger partial charge in [-0.2, -0.15) is 0 Å². The minimum atomic E-state index is 0.789. The Morgan fingerprint density at radius 2 is 1.83 bits per heavy atom. The normalized spacial score (nSPS) is 14.2. The van der Waals surface area contributed by atoms with E-state index in [0.717, 1.165) is 36.1 Å². The average Bonchev–Trinajstić information content (AvgIpc) is 3.30. The molecule has 0 spiro atoms.